The van der Waals surface area contributed by atoms with Gasteiger partial charge >= 0.3 is 0 Å². The van der Waals surface area contributed by atoms with E-state index in [0.29, 0.717) is 5.82 Å². The molecule has 0 radical (unpaired) electrons. The summed E-state index contributed by atoms with van der Waals surface area (Å²) in [6.07, 6.45) is 2.16. The van der Waals surface area contributed by atoms with Crippen molar-refractivity contribution in [1.82, 2.24) is 9.97 Å². The second-order valence-corrected chi connectivity index (χ2v) is 4.92. The number of hydrogen-bond acceptors (Lipinski definition) is 7. The van der Waals surface area contributed by atoms with Crippen LogP contribution >= 0.6 is 11.8 Å². The average molecular weight is 291 g/mol. The van der Waals surface area contributed by atoms with Gasteiger partial charge in [-0.05, 0) is 18.6 Å². The molecule has 2 rings (SSSR count). The first-order valence-corrected chi connectivity index (χ1v) is 6.70. The number of nitro benzene ring substituents is 1. The van der Waals surface area contributed by atoms with E-state index in [0.717, 1.165) is 21.9 Å². The minimum Gasteiger partial charge on any atom is -0.308 e. The molecule has 0 saturated carbocycles. The average Bonchev–Trinajstić information content (AvgIpc) is 2.47. The molecule has 0 aliphatic carbocycles. The Hall–Kier alpha value is -2.19. The van der Waals surface area contributed by atoms with Crippen LogP contribution in [0.25, 0.3) is 0 Å². The van der Waals surface area contributed by atoms with Crippen LogP contribution in [0.15, 0.2) is 40.5 Å². The second kappa shape index (κ2) is 6.31. The molecule has 0 saturated heterocycles. The summed E-state index contributed by atoms with van der Waals surface area (Å²) in [6.45, 7) is 1.99. The largest absolute Gasteiger partial charge is 0.308 e. The highest BCUT2D eigenvalue weighted by molar-refractivity contribution is 7.99. The van der Waals surface area contributed by atoms with Crippen LogP contribution in [0.3, 0.4) is 0 Å². The van der Waals surface area contributed by atoms with Crippen molar-refractivity contribution in [3.8, 4) is 0 Å². The summed E-state index contributed by atoms with van der Waals surface area (Å²) in [5, 5.41) is 11.4. The third-order valence-electron chi connectivity index (χ3n) is 2.66. The van der Waals surface area contributed by atoms with Gasteiger partial charge in [0.15, 0.2) is 0 Å². The minimum atomic E-state index is -0.424. The van der Waals surface area contributed by atoms with Crippen molar-refractivity contribution in [1.29, 1.82) is 0 Å². The van der Waals surface area contributed by atoms with Crippen molar-refractivity contribution in [3.05, 3.63) is 46.3 Å². The maximum atomic E-state index is 10.6. The van der Waals surface area contributed by atoms with Gasteiger partial charge in [-0.2, -0.15) is 0 Å². The molecule has 8 heteroatoms. The molecule has 0 amide bonds. The normalized spacial score (nSPS) is 10.3. The zero-order chi connectivity index (χ0) is 14.5. The second-order valence-electron chi connectivity index (χ2n) is 3.86. The van der Waals surface area contributed by atoms with E-state index in [-0.39, 0.29) is 5.69 Å². The number of hydrazine groups is 1. The topological polar surface area (TPSA) is 107 Å². The first kappa shape index (κ1) is 14.2. The fourth-order valence-electron chi connectivity index (χ4n) is 1.67. The highest BCUT2D eigenvalue weighted by atomic mass is 32.2. The molecule has 1 aromatic heterocycles. The van der Waals surface area contributed by atoms with Crippen molar-refractivity contribution in [2.24, 2.45) is 5.84 Å². The summed E-state index contributed by atoms with van der Waals surface area (Å²) in [5.74, 6) is 6.01. The first-order chi connectivity index (χ1) is 9.65. The van der Waals surface area contributed by atoms with Crippen molar-refractivity contribution in [2.45, 2.75) is 23.3 Å². The Labute approximate surface area is 119 Å². The molecule has 0 fully saturated rings. The number of hydrogen-bond donors (Lipinski definition) is 2. The van der Waals surface area contributed by atoms with Crippen LogP contribution in [-0.4, -0.2) is 14.9 Å². The zero-order valence-corrected chi connectivity index (χ0v) is 11.6. The van der Waals surface area contributed by atoms with Crippen LogP contribution in [-0.2, 0) is 6.42 Å². The van der Waals surface area contributed by atoms with Crippen LogP contribution in [0.2, 0.25) is 0 Å². The van der Waals surface area contributed by atoms with E-state index in [1.54, 1.807) is 12.1 Å². The van der Waals surface area contributed by atoms with Crippen molar-refractivity contribution in [3.63, 3.8) is 0 Å². The number of nitrogens with two attached hydrogens (primary N) is 1. The van der Waals surface area contributed by atoms with Gasteiger partial charge in [0.25, 0.3) is 5.69 Å². The molecule has 7 nitrogen and oxygen atoms in total. The lowest BCUT2D eigenvalue weighted by Crippen LogP contribution is -2.12. The van der Waals surface area contributed by atoms with E-state index in [9.17, 15) is 10.1 Å². The summed E-state index contributed by atoms with van der Waals surface area (Å²) in [6, 6.07) is 6.33. The fourth-order valence-corrected chi connectivity index (χ4v) is 2.63. The van der Waals surface area contributed by atoms with Gasteiger partial charge in [-0.3, -0.25) is 10.1 Å². The predicted molar refractivity (Wildman–Crippen MR) is 76.4 cm³/mol. The molecule has 104 valence electrons. The summed E-state index contributed by atoms with van der Waals surface area (Å²) < 4.78 is 0. The Morgan fingerprint density at radius 2 is 2.05 bits per heavy atom. The van der Waals surface area contributed by atoms with E-state index in [2.05, 4.69) is 15.4 Å². The van der Waals surface area contributed by atoms with Gasteiger partial charge in [0.2, 0.25) is 0 Å². The van der Waals surface area contributed by atoms with E-state index in [4.69, 9.17) is 5.84 Å². The Morgan fingerprint density at radius 1 is 1.35 bits per heavy atom. The van der Waals surface area contributed by atoms with Crippen LogP contribution in [0.1, 0.15) is 12.5 Å². The summed E-state index contributed by atoms with van der Waals surface area (Å²) in [4.78, 5) is 19.3. The Balaban J connectivity index is 2.27. The third kappa shape index (κ3) is 3.03. The molecule has 0 aliphatic rings. The number of nitrogens with zero attached hydrogens (tertiary/aromatic N) is 3. The first-order valence-electron chi connectivity index (χ1n) is 5.88. The quantitative estimate of drug-likeness (QED) is 0.377. The van der Waals surface area contributed by atoms with Gasteiger partial charge in [0.05, 0.1) is 4.92 Å². The summed E-state index contributed by atoms with van der Waals surface area (Å²) in [5.41, 5.74) is 3.52. The Bertz CT molecular complexity index is 618. The van der Waals surface area contributed by atoms with Crippen molar-refractivity contribution < 1.29 is 4.92 Å². The van der Waals surface area contributed by atoms with E-state index < -0.39 is 4.92 Å². The van der Waals surface area contributed by atoms with Crippen molar-refractivity contribution >= 4 is 23.3 Å². The van der Waals surface area contributed by atoms with Gasteiger partial charge in [0, 0.05) is 22.6 Å². The number of benzene rings is 1. The molecule has 0 aliphatic heterocycles. The molecule has 0 atom stereocenters. The lowest BCUT2D eigenvalue weighted by atomic mass is 10.2. The number of nitro groups is 1. The molecule has 0 bridgehead atoms. The highest BCUT2D eigenvalue weighted by Crippen LogP contribution is 2.32. The molecule has 2 aromatic rings. The van der Waals surface area contributed by atoms with Gasteiger partial charge < -0.3 is 5.43 Å². The number of anilines is 1. The molecule has 3 N–H and O–H groups in total. The van der Waals surface area contributed by atoms with E-state index in [1.165, 1.54) is 30.2 Å². The monoisotopic (exact) mass is 291 g/mol. The fraction of sp³-hybridized carbons (Fsp3) is 0.167. The number of non-ortho nitro benzene ring substituents is 1. The van der Waals surface area contributed by atoms with Crippen LogP contribution in [0.4, 0.5) is 11.5 Å². The van der Waals surface area contributed by atoms with Gasteiger partial charge in [-0.1, -0.05) is 18.7 Å². The minimum absolute atomic E-state index is 0.0667. The smallest absolute Gasteiger partial charge is 0.269 e. The highest BCUT2D eigenvalue weighted by Gasteiger charge is 2.11. The van der Waals surface area contributed by atoms with Gasteiger partial charge in [0.1, 0.15) is 17.2 Å². The molecule has 1 heterocycles. The van der Waals surface area contributed by atoms with Gasteiger partial charge in [-0.15, -0.1) is 0 Å². The molecule has 0 unspecified atom stereocenters. The number of nitrogen functional groups attached to an aromatic ring is 1. The summed E-state index contributed by atoms with van der Waals surface area (Å²) >= 11 is 1.42. The maximum Gasteiger partial charge on any atom is 0.269 e. The maximum absolute atomic E-state index is 10.6. The third-order valence-corrected chi connectivity index (χ3v) is 3.71. The van der Waals surface area contributed by atoms with Crippen LogP contribution in [0, 0.1) is 10.1 Å². The van der Waals surface area contributed by atoms with Crippen LogP contribution < -0.4 is 11.3 Å². The number of rotatable bonds is 5. The van der Waals surface area contributed by atoms with Gasteiger partial charge in [-0.25, -0.2) is 15.8 Å². The molecule has 1 aromatic carbocycles. The number of nitrogens with one attached hydrogen (secondary N) is 1. The predicted octanol–water partition coefficient (Wildman–Crippen LogP) is 2.38. The zero-order valence-electron chi connectivity index (χ0n) is 10.7. The molecular weight excluding hydrogens is 278 g/mol. The van der Waals surface area contributed by atoms with E-state index >= 15 is 0 Å². The summed E-state index contributed by atoms with van der Waals surface area (Å²) in [7, 11) is 0. The standard InChI is InChI=1S/C12H13N5O2S/c1-2-10-11(16-13)14-7-15-12(10)20-9-5-3-8(4-6-9)17(18)19/h3-7H,2,13H2,1H3,(H,14,15,16). The molecular formula is C12H13N5O2S. The lowest BCUT2D eigenvalue weighted by molar-refractivity contribution is -0.384. The van der Waals surface area contributed by atoms with Crippen LogP contribution in [0.5, 0.6) is 0 Å². The van der Waals surface area contributed by atoms with E-state index in [1.807, 2.05) is 6.92 Å². The Kier molecular flexibility index (Phi) is 4.49. The molecule has 0 spiro atoms. The molecule has 20 heavy (non-hydrogen) atoms. The number of aromatic nitrogens is 2. The SMILES string of the molecule is CCc1c(NN)ncnc1Sc1ccc([N+](=O)[O-])cc1. The van der Waals surface area contributed by atoms with Crippen molar-refractivity contribution in [2.75, 3.05) is 5.43 Å². The lowest BCUT2D eigenvalue weighted by Gasteiger charge is -2.10. The Morgan fingerprint density at radius 3 is 2.60 bits per heavy atom.